The van der Waals surface area contributed by atoms with Gasteiger partial charge in [0, 0.05) is 29.0 Å². The molecule has 0 aliphatic rings. The summed E-state index contributed by atoms with van der Waals surface area (Å²) in [5.74, 6) is 0.605. The minimum Gasteiger partial charge on any atom is -0.264 e. The standard InChI is InChI=1S/C22H17N5S/c1-13-14(2)18(11-23)22(25-15(13)3)28-21-17-8-4-5-9-19(17)26-20(27-21)16-7-6-10-24-12-16/h4-10,12H,1-3H3. The molecule has 4 aromatic rings. The van der Waals surface area contributed by atoms with Gasteiger partial charge in [-0.05, 0) is 61.9 Å². The van der Waals surface area contributed by atoms with Gasteiger partial charge in [-0.2, -0.15) is 5.26 Å². The molecular weight excluding hydrogens is 366 g/mol. The second-order valence-corrected chi connectivity index (χ2v) is 7.43. The smallest absolute Gasteiger partial charge is 0.162 e. The van der Waals surface area contributed by atoms with E-state index in [1.165, 1.54) is 11.8 Å². The molecule has 0 aliphatic heterocycles. The molecule has 0 radical (unpaired) electrons. The number of nitriles is 1. The molecule has 3 aromatic heterocycles. The highest BCUT2D eigenvalue weighted by atomic mass is 32.2. The number of rotatable bonds is 3. The molecule has 136 valence electrons. The van der Waals surface area contributed by atoms with Gasteiger partial charge in [-0.15, -0.1) is 0 Å². The molecule has 1 aromatic carbocycles. The Kier molecular flexibility index (Phi) is 4.76. The van der Waals surface area contributed by atoms with E-state index in [0.29, 0.717) is 16.4 Å². The summed E-state index contributed by atoms with van der Waals surface area (Å²) >= 11 is 1.41. The number of pyridine rings is 2. The normalized spacial score (nSPS) is 10.8. The van der Waals surface area contributed by atoms with E-state index < -0.39 is 0 Å². The van der Waals surface area contributed by atoms with Gasteiger partial charge in [-0.25, -0.2) is 15.0 Å². The molecule has 0 fully saturated rings. The van der Waals surface area contributed by atoms with Crippen molar-refractivity contribution >= 4 is 22.7 Å². The van der Waals surface area contributed by atoms with Gasteiger partial charge in [-0.3, -0.25) is 4.98 Å². The van der Waals surface area contributed by atoms with Crippen molar-refractivity contribution in [3.8, 4) is 17.5 Å². The molecule has 5 nitrogen and oxygen atoms in total. The third-order valence-electron chi connectivity index (χ3n) is 4.76. The number of fused-ring (bicyclic) bond motifs is 1. The van der Waals surface area contributed by atoms with E-state index in [2.05, 4.69) is 21.0 Å². The van der Waals surface area contributed by atoms with Gasteiger partial charge in [0.15, 0.2) is 5.82 Å². The summed E-state index contributed by atoms with van der Waals surface area (Å²) in [4.78, 5) is 18.3. The lowest BCUT2D eigenvalue weighted by Crippen LogP contribution is -2.00. The fourth-order valence-corrected chi connectivity index (χ4v) is 4.04. The van der Waals surface area contributed by atoms with Crippen molar-refractivity contribution in [2.75, 3.05) is 0 Å². The lowest BCUT2D eigenvalue weighted by atomic mass is 10.1. The minimum absolute atomic E-state index is 0.596. The van der Waals surface area contributed by atoms with E-state index in [1.807, 2.05) is 57.2 Å². The van der Waals surface area contributed by atoms with Gasteiger partial charge in [-0.1, -0.05) is 18.2 Å². The molecular formula is C22H17N5S. The Morgan fingerprint density at radius 2 is 1.71 bits per heavy atom. The van der Waals surface area contributed by atoms with Crippen molar-refractivity contribution in [1.29, 1.82) is 5.26 Å². The maximum atomic E-state index is 9.69. The average Bonchev–Trinajstić information content (AvgIpc) is 2.73. The van der Waals surface area contributed by atoms with E-state index in [1.54, 1.807) is 12.4 Å². The molecule has 0 unspecified atom stereocenters. The van der Waals surface area contributed by atoms with E-state index in [9.17, 15) is 5.26 Å². The monoisotopic (exact) mass is 383 g/mol. The summed E-state index contributed by atoms with van der Waals surface area (Å²) in [5.41, 5.74) is 5.22. The SMILES string of the molecule is Cc1nc(Sc2nc(-c3cccnc3)nc3ccccc23)c(C#N)c(C)c1C. The molecule has 28 heavy (non-hydrogen) atoms. The highest BCUT2D eigenvalue weighted by Gasteiger charge is 2.17. The van der Waals surface area contributed by atoms with Crippen LogP contribution in [0.5, 0.6) is 0 Å². The second-order valence-electron chi connectivity index (χ2n) is 6.45. The van der Waals surface area contributed by atoms with Crippen molar-refractivity contribution in [3.63, 3.8) is 0 Å². The fourth-order valence-electron chi connectivity index (χ4n) is 2.96. The van der Waals surface area contributed by atoms with E-state index in [0.717, 1.165) is 38.3 Å². The summed E-state index contributed by atoms with van der Waals surface area (Å²) in [6.45, 7) is 5.92. The van der Waals surface area contributed by atoms with Gasteiger partial charge >= 0.3 is 0 Å². The zero-order chi connectivity index (χ0) is 19.7. The molecule has 0 N–H and O–H groups in total. The molecule has 0 bridgehead atoms. The first kappa shape index (κ1) is 18.1. The molecule has 0 saturated heterocycles. The van der Waals surface area contributed by atoms with E-state index >= 15 is 0 Å². The van der Waals surface area contributed by atoms with Gasteiger partial charge < -0.3 is 0 Å². The van der Waals surface area contributed by atoms with Crippen molar-refractivity contribution < 1.29 is 0 Å². The Balaban J connectivity index is 1.91. The van der Waals surface area contributed by atoms with Crippen LogP contribution < -0.4 is 0 Å². The number of nitrogens with zero attached hydrogens (tertiary/aromatic N) is 5. The zero-order valence-electron chi connectivity index (χ0n) is 15.8. The third-order valence-corrected chi connectivity index (χ3v) is 5.75. The van der Waals surface area contributed by atoms with Crippen LogP contribution in [0.25, 0.3) is 22.3 Å². The Morgan fingerprint density at radius 3 is 2.46 bits per heavy atom. The summed E-state index contributed by atoms with van der Waals surface area (Å²) in [6.07, 6.45) is 3.47. The van der Waals surface area contributed by atoms with Crippen molar-refractivity contribution in [1.82, 2.24) is 19.9 Å². The zero-order valence-corrected chi connectivity index (χ0v) is 16.6. The number of aromatic nitrogens is 4. The minimum atomic E-state index is 0.596. The number of hydrogen-bond donors (Lipinski definition) is 0. The molecule has 0 amide bonds. The van der Waals surface area contributed by atoms with Crippen molar-refractivity contribution in [2.45, 2.75) is 30.8 Å². The summed E-state index contributed by atoms with van der Waals surface area (Å²) < 4.78 is 0. The Labute approximate surface area is 167 Å². The van der Waals surface area contributed by atoms with Crippen LogP contribution in [0.3, 0.4) is 0 Å². The first-order valence-electron chi connectivity index (χ1n) is 8.81. The maximum Gasteiger partial charge on any atom is 0.162 e. The Morgan fingerprint density at radius 1 is 0.893 bits per heavy atom. The van der Waals surface area contributed by atoms with E-state index in [4.69, 9.17) is 4.98 Å². The summed E-state index contributed by atoms with van der Waals surface area (Å²) in [5, 5.41) is 12.1. The van der Waals surface area contributed by atoms with Crippen LogP contribution in [0.15, 0.2) is 58.8 Å². The second kappa shape index (κ2) is 7.37. The Bertz CT molecular complexity index is 1230. The Hall–Kier alpha value is -3.30. The predicted octanol–water partition coefficient (Wildman–Crippen LogP) is 5.03. The average molecular weight is 383 g/mol. The summed E-state index contributed by atoms with van der Waals surface area (Å²) in [6, 6.07) is 14.0. The van der Waals surface area contributed by atoms with E-state index in [-0.39, 0.29) is 0 Å². The van der Waals surface area contributed by atoms with Gasteiger partial charge in [0.2, 0.25) is 0 Å². The first-order chi connectivity index (χ1) is 13.6. The highest BCUT2D eigenvalue weighted by molar-refractivity contribution is 7.99. The lowest BCUT2D eigenvalue weighted by Gasteiger charge is -2.12. The van der Waals surface area contributed by atoms with Crippen LogP contribution in [-0.2, 0) is 0 Å². The van der Waals surface area contributed by atoms with Crippen LogP contribution in [0.4, 0.5) is 0 Å². The predicted molar refractivity (Wildman–Crippen MR) is 110 cm³/mol. The molecule has 3 heterocycles. The number of hydrogen-bond acceptors (Lipinski definition) is 6. The first-order valence-corrected chi connectivity index (χ1v) is 9.63. The molecule has 4 rings (SSSR count). The van der Waals surface area contributed by atoms with Gasteiger partial charge in [0.1, 0.15) is 16.1 Å². The topological polar surface area (TPSA) is 75.3 Å². The number of aryl methyl sites for hydroxylation is 1. The number of benzene rings is 1. The van der Waals surface area contributed by atoms with Crippen LogP contribution in [0.2, 0.25) is 0 Å². The molecule has 0 aliphatic carbocycles. The van der Waals surface area contributed by atoms with Gasteiger partial charge in [0.25, 0.3) is 0 Å². The van der Waals surface area contributed by atoms with Crippen LogP contribution in [0, 0.1) is 32.1 Å². The van der Waals surface area contributed by atoms with Crippen molar-refractivity contribution in [3.05, 3.63) is 71.2 Å². The van der Waals surface area contributed by atoms with Crippen LogP contribution in [-0.4, -0.2) is 19.9 Å². The lowest BCUT2D eigenvalue weighted by molar-refractivity contribution is 0.993. The van der Waals surface area contributed by atoms with Crippen molar-refractivity contribution in [2.24, 2.45) is 0 Å². The number of para-hydroxylation sites is 1. The third kappa shape index (κ3) is 3.21. The largest absolute Gasteiger partial charge is 0.264 e. The molecule has 0 atom stereocenters. The van der Waals surface area contributed by atoms with Gasteiger partial charge in [0.05, 0.1) is 11.1 Å². The molecule has 0 spiro atoms. The van der Waals surface area contributed by atoms with Crippen LogP contribution >= 0.6 is 11.8 Å². The fraction of sp³-hybridized carbons (Fsp3) is 0.136. The maximum absolute atomic E-state index is 9.69. The quantitative estimate of drug-likeness (QED) is 0.462. The van der Waals surface area contributed by atoms with Crippen LogP contribution in [0.1, 0.15) is 22.4 Å². The summed E-state index contributed by atoms with van der Waals surface area (Å²) in [7, 11) is 0. The highest BCUT2D eigenvalue weighted by Crippen LogP contribution is 2.35. The molecule has 6 heteroatoms. The molecule has 0 saturated carbocycles.